The second-order valence-corrected chi connectivity index (χ2v) is 9.49. The molecule has 0 radical (unpaired) electrons. The van der Waals surface area contributed by atoms with Gasteiger partial charge in [-0.25, -0.2) is 14.3 Å². The van der Waals surface area contributed by atoms with E-state index in [4.69, 9.17) is 19.0 Å². The molecule has 0 spiro atoms. The van der Waals surface area contributed by atoms with Gasteiger partial charge < -0.3 is 19.0 Å². The number of carbonyl (C=O) groups is 1. The topological polar surface area (TPSA) is 112 Å². The first-order chi connectivity index (χ1) is 18.0. The van der Waals surface area contributed by atoms with Crippen LogP contribution in [0.5, 0.6) is 11.5 Å². The highest BCUT2D eigenvalue weighted by atomic mass is 32.1. The third-order valence-corrected chi connectivity index (χ3v) is 6.72. The summed E-state index contributed by atoms with van der Waals surface area (Å²) in [7, 11) is 1.61. The van der Waals surface area contributed by atoms with E-state index < -0.39 is 5.97 Å². The van der Waals surface area contributed by atoms with E-state index in [1.807, 2.05) is 37.4 Å². The zero-order chi connectivity index (χ0) is 25.5. The zero-order valence-electron chi connectivity index (χ0n) is 19.8. The summed E-state index contributed by atoms with van der Waals surface area (Å²) in [4.78, 5) is 21.0. The van der Waals surface area contributed by atoms with Gasteiger partial charge in [0.25, 0.3) is 0 Å². The molecule has 0 aliphatic carbocycles. The van der Waals surface area contributed by atoms with Crippen LogP contribution in [0.1, 0.15) is 20.9 Å². The molecule has 0 saturated heterocycles. The molecule has 0 amide bonds. The average molecular weight is 513 g/mol. The Morgan fingerprint density at radius 1 is 1.08 bits per heavy atom. The maximum atomic E-state index is 11.1. The van der Waals surface area contributed by atoms with Gasteiger partial charge in [0.15, 0.2) is 5.76 Å². The third-order valence-electron chi connectivity index (χ3n) is 5.88. The predicted octanol–water partition coefficient (Wildman–Crippen LogP) is 5.86. The normalized spacial score (nSPS) is 11.3. The number of furan rings is 1. The molecule has 10 heteroatoms. The number of rotatable bonds is 7. The molecule has 6 rings (SSSR count). The van der Waals surface area contributed by atoms with Crippen molar-refractivity contribution in [3.8, 4) is 34.2 Å². The van der Waals surface area contributed by atoms with Crippen LogP contribution in [-0.4, -0.2) is 37.8 Å². The SMILES string of the molecule is COc1cc(COc2ccnc(-c3ccc(C(=O)O)cc3)c2)c2cc(-c3cn4nc(C)sc4n3)oc2c1. The Hall–Kier alpha value is -4.70. The number of benzene rings is 2. The minimum atomic E-state index is -0.969. The quantitative estimate of drug-likeness (QED) is 0.283. The standard InChI is InChI=1S/C27H20N4O5S/c1-15-30-31-13-23(29-27(31)37-15)25-12-21-18(9-20(34-2)11-24(21)36-25)14-35-19-7-8-28-22(10-19)16-3-5-17(6-4-16)26(32)33/h3-13H,14H2,1-2H3,(H,32,33). The van der Waals surface area contributed by atoms with Gasteiger partial charge in [-0.3, -0.25) is 4.98 Å². The maximum absolute atomic E-state index is 11.1. The van der Waals surface area contributed by atoms with Gasteiger partial charge in [0.05, 0.1) is 24.6 Å². The van der Waals surface area contributed by atoms with Gasteiger partial charge in [0.1, 0.15) is 34.4 Å². The van der Waals surface area contributed by atoms with Gasteiger partial charge in [0.2, 0.25) is 4.96 Å². The molecular weight excluding hydrogens is 492 g/mol. The number of hydrogen-bond donors (Lipinski definition) is 1. The molecule has 2 aromatic carbocycles. The lowest BCUT2D eigenvalue weighted by Crippen LogP contribution is -1.98. The van der Waals surface area contributed by atoms with Crippen molar-refractivity contribution in [2.45, 2.75) is 13.5 Å². The lowest BCUT2D eigenvalue weighted by molar-refractivity contribution is 0.0697. The summed E-state index contributed by atoms with van der Waals surface area (Å²) in [5.74, 6) is 0.950. The van der Waals surface area contributed by atoms with E-state index in [1.165, 1.54) is 11.3 Å². The highest BCUT2D eigenvalue weighted by Crippen LogP contribution is 2.34. The Morgan fingerprint density at radius 2 is 1.92 bits per heavy atom. The van der Waals surface area contributed by atoms with Crippen molar-refractivity contribution in [2.24, 2.45) is 0 Å². The summed E-state index contributed by atoms with van der Waals surface area (Å²) >= 11 is 1.52. The Morgan fingerprint density at radius 3 is 2.68 bits per heavy atom. The molecule has 0 aliphatic rings. The first kappa shape index (κ1) is 22.7. The first-order valence-electron chi connectivity index (χ1n) is 11.3. The Balaban J connectivity index is 1.28. The van der Waals surface area contributed by atoms with Crippen molar-refractivity contribution in [1.82, 2.24) is 19.6 Å². The van der Waals surface area contributed by atoms with E-state index in [1.54, 1.807) is 48.2 Å². The fraction of sp³-hybridized carbons (Fsp3) is 0.111. The van der Waals surface area contributed by atoms with E-state index in [0.29, 0.717) is 34.2 Å². The van der Waals surface area contributed by atoms with Crippen molar-refractivity contribution in [1.29, 1.82) is 0 Å². The van der Waals surface area contributed by atoms with Crippen molar-refractivity contribution >= 4 is 33.2 Å². The first-order valence-corrected chi connectivity index (χ1v) is 12.1. The van der Waals surface area contributed by atoms with Crippen LogP contribution < -0.4 is 9.47 Å². The summed E-state index contributed by atoms with van der Waals surface area (Å²) in [6, 6.07) is 15.9. The molecular formula is C27H20N4O5S. The summed E-state index contributed by atoms with van der Waals surface area (Å²) in [6.07, 6.45) is 3.51. The number of imidazole rings is 1. The van der Waals surface area contributed by atoms with Crippen LogP contribution in [0.25, 0.3) is 38.6 Å². The zero-order valence-corrected chi connectivity index (χ0v) is 20.7. The Kier molecular flexibility index (Phi) is 5.57. The molecule has 0 bridgehead atoms. The number of pyridine rings is 1. The highest BCUT2D eigenvalue weighted by Gasteiger charge is 2.16. The summed E-state index contributed by atoms with van der Waals surface area (Å²) in [5, 5.41) is 15.4. The van der Waals surface area contributed by atoms with E-state index in [0.717, 1.165) is 26.5 Å². The molecule has 0 fully saturated rings. The van der Waals surface area contributed by atoms with Crippen LogP contribution in [0, 0.1) is 6.92 Å². The smallest absolute Gasteiger partial charge is 0.335 e. The van der Waals surface area contributed by atoms with Crippen LogP contribution in [-0.2, 0) is 6.61 Å². The second-order valence-electron chi connectivity index (χ2n) is 8.33. The largest absolute Gasteiger partial charge is 0.497 e. The molecule has 184 valence electrons. The van der Waals surface area contributed by atoms with Crippen LogP contribution in [0.2, 0.25) is 0 Å². The predicted molar refractivity (Wildman–Crippen MR) is 138 cm³/mol. The van der Waals surface area contributed by atoms with Crippen LogP contribution in [0.15, 0.2) is 71.4 Å². The maximum Gasteiger partial charge on any atom is 0.335 e. The number of ether oxygens (including phenoxy) is 2. The number of aromatic carboxylic acids is 1. The second kappa shape index (κ2) is 9.07. The molecule has 4 heterocycles. The van der Waals surface area contributed by atoms with Gasteiger partial charge in [-0.2, -0.15) is 5.10 Å². The molecule has 37 heavy (non-hydrogen) atoms. The van der Waals surface area contributed by atoms with Gasteiger partial charge in [-0.1, -0.05) is 23.5 Å². The lowest BCUT2D eigenvalue weighted by Gasteiger charge is -2.10. The number of hydrogen-bond acceptors (Lipinski definition) is 8. The summed E-state index contributed by atoms with van der Waals surface area (Å²) < 4.78 is 19.5. The average Bonchev–Trinajstić information content (AvgIpc) is 3.60. The molecule has 0 aliphatic heterocycles. The van der Waals surface area contributed by atoms with Gasteiger partial charge in [0, 0.05) is 34.8 Å². The number of aryl methyl sites for hydroxylation is 1. The fourth-order valence-electron chi connectivity index (χ4n) is 4.07. The molecule has 4 aromatic heterocycles. The van der Waals surface area contributed by atoms with E-state index >= 15 is 0 Å². The third kappa shape index (κ3) is 4.38. The molecule has 9 nitrogen and oxygen atoms in total. The Labute approximate surface area is 214 Å². The van der Waals surface area contributed by atoms with E-state index in [9.17, 15) is 4.79 Å². The van der Waals surface area contributed by atoms with Gasteiger partial charge >= 0.3 is 5.97 Å². The van der Waals surface area contributed by atoms with Crippen molar-refractivity contribution in [2.75, 3.05) is 7.11 Å². The van der Waals surface area contributed by atoms with Crippen LogP contribution in [0.4, 0.5) is 0 Å². The lowest BCUT2D eigenvalue weighted by atomic mass is 10.1. The molecule has 0 atom stereocenters. The van der Waals surface area contributed by atoms with Gasteiger partial charge in [-0.15, -0.1) is 0 Å². The van der Waals surface area contributed by atoms with Gasteiger partial charge in [-0.05, 0) is 37.3 Å². The molecule has 1 N–H and O–H groups in total. The van der Waals surface area contributed by atoms with Crippen molar-refractivity contribution in [3.05, 3.63) is 83.1 Å². The Bertz CT molecular complexity index is 1740. The van der Waals surface area contributed by atoms with E-state index in [-0.39, 0.29) is 12.2 Å². The summed E-state index contributed by atoms with van der Waals surface area (Å²) in [5.41, 5.74) is 3.96. The van der Waals surface area contributed by atoms with E-state index in [2.05, 4.69) is 15.1 Å². The van der Waals surface area contributed by atoms with Crippen LogP contribution in [0.3, 0.4) is 0 Å². The van der Waals surface area contributed by atoms with Crippen molar-refractivity contribution in [3.63, 3.8) is 0 Å². The number of aromatic nitrogens is 4. The molecule has 6 aromatic rings. The highest BCUT2D eigenvalue weighted by molar-refractivity contribution is 7.16. The minimum absolute atomic E-state index is 0.222. The number of carboxylic acid groups (broad SMARTS) is 1. The molecule has 0 unspecified atom stereocenters. The fourth-order valence-corrected chi connectivity index (χ4v) is 4.79. The molecule has 0 saturated carbocycles. The van der Waals surface area contributed by atoms with Crippen molar-refractivity contribution < 1.29 is 23.8 Å². The monoisotopic (exact) mass is 512 g/mol. The van der Waals surface area contributed by atoms with Crippen LogP contribution >= 0.6 is 11.3 Å². The number of nitrogens with zero attached hydrogens (tertiary/aromatic N) is 4. The number of methoxy groups -OCH3 is 1. The number of fused-ring (bicyclic) bond motifs is 2. The number of carboxylic acids is 1. The summed E-state index contributed by atoms with van der Waals surface area (Å²) in [6.45, 7) is 2.21. The minimum Gasteiger partial charge on any atom is -0.497 e.